The zero-order chi connectivity index (χ0) is 15.2. The fraction of sp³-hybridized carbons (Fsp3) is 0.0588. The topological polar surface area (TPSA) is 43.4 Å². The molecule has 0 radical (unpaired) electrons. The number of benzene rings is 2. The van der Waals surface area contributed by atoms with Crippen molar-refractivity contribution in [1.29, 1.82) is 0 Å². The van der Waals surface area contributed by atoms with Gasteiger partial charge in [0.2, 0.25) is 0 Å². The molecule has 0 fully saturated rings. The molecule has 0 aliphatic rings. The molecule has 2 aromatic rings. The molecule has 2 aromatic carbocycles. The summed E-state index contributed by atoms with van der Waals surface area (Å²) < 4.78 is 5.12. The van der Waals surface area contributed by atoms with E-state index in [4.69, 9.17) is 16.3 Å². The van der Waals surface area contributed by atoms with Gasteiger partial charge in [-0.15, -0.1) is 6.58 Å². The molecule has 0 N–H and O–H groups in total. The Labute approximate surface area is 127 Å². The quantitative estimate of drug-likeness (QED) is 0.359. The molecule has 0 aromatic heterocycles. The van der Waals surface area contributed by atoms with E-state index in [0.29, 0.717) is 11.3 Å². The minimum atomic E-state index is -0.481. The molecule has 106 valence electrons. The van der Waals surface area contributed by atoms with Crippen LogP contribution < -0.4 is 4.74 Å². The number of carbonyl (C=O) groups is 2. The maximum Gasteiger partial charge on any atom is 0.315 e. The summed E-state index contributed by atoms with van der Waals surface area (Å²) in [6.45, 7) is 3.48. The Morgan fingerprint density at radius 3 is 2.00 bits per heavy atom. The van der Waals surface area contributed by atoms with Crippen LogP contribution in [0.15, 0.2) is 61.2 Å². The fourth-order valence-corrected chi connectivity index (χ4v) is 1.93. The molecule has 3 nitrogen and oxygen atoms in total. The molecule has 21 heavy (non-hydrogen) atoms. The highest BCUT2D eigenvalue weighted by Gasteiger charge is 2.05. The molecule has 2 rings (SSSR count). The molecule has 0 aliphatic carbocycles. The lowest BCUT2D eigenvalue weighted by Gasteiger charge is -2.05. The van der Waals surface area contributed by atoms with Gasteiger partial charge in [0.25, 0.3) is 5.24 Å². The van der Waals surface area contributed by atoms with Crippen molar-refractivity contribution < 1.29 is 14.3 Å². The first kappa shape index (κ1) is 15.0. The van der Waals surface area contributed by atoms with E-state index in [9.17, 15) is 9.59 Å². The molecule has 0 spiro atoms. The Kier molecular flexibility index (Phi) is 4.90. The van der Waals surface area contributed by atoms with Gasteiger partial charge >= 0.3 is 5.97 Å². The van der Waals surface area contributed by atoms with E-state index in [1.807, 2.05) is 24.3 Å². The van der Waals surface area contributed by atoms with Crippen LogP contribution >= 0.6 is 11.6 Å². The maximum absolute atomic E-state index is 11.3. The van der Waals surface area contributed by atoms with Crippen LogP contribution in [0.3, 0.4) is 0 Å². The van der Waals surface area contributed by atoms with Crippen molar-refractivity contribution in [2.45, 2.75) is 6.42 Å². The van der Waals surface area contributed by atoms with Gasteiger partial charge in [0.1, 0.15) is 5.75 Å². The summed E-state index contributed by atoms with van der Waals surface area (Å²) in [6.07, 6.45) is 1.67. The summed E-state index contributed by atoms with van der Waals surface area (Å²) >= 11 is 5.40. The average molecular weight is 301 g/mol. The van der Waals surface area contributed by atoms with Crippen LogP contribution in [0.2, 0.25) is 0 Å². The molecule has 0 saturated carbocycles. The van der Waals surface area contributed by atoms with Crippen LogP contribution in [-0.2, 0) is 4.79 Å². The van der Waals surface area contributed by atoms with Gasteiger partial charge in [-0.2, -0.15) is 0 Å². The monoisotopic (exact) mass is 300 g/mol. The lowest BCUT2D eigenvalue weighted by molar-refractivity contribution is -0.133. The third kappa shape index (κ3) is 4.04. The van der Waals surface area contributed by atoms with Gasteiger partial charge in [0, 0.05) is 5.56 Å². The number of esters is 1. The fourth-order valence-electron chi connectivity index (χ4n) is 1.80. The lowest BCUT2D eigenvalue weighted by atomic mass is 10.0. The Hall–Kier alpha value is -2.39. The predicted octanol–water partition coefficient (Wildman–Crippen LogP) is 4.21. The zero-order valence-electron chi connectivity index (χ0n) is 11.2. The molecule has 0 amide bonds. The molecular weight excluding hydrogens is 288 g/mol. The normalized spacial score (nSPS) is 9.95. The summed E-state index contributed by atoms with van der Waals surface area (Å²) in [5, 5.41) is -0.481. The number of ether oxygens (including phenoxy) is 1. The number of hydrogen-bond donors (Lipinski definition) is 0. The van der Waals surface area contributed by atoms with E-state index in [-0.39, 0.29) is 12.4 Å². The Morgan fingerprint density at radius 1 is 1.00 bits per heavy atom. The first-order valence-corrected chi connectivity index (χ1v) is 6.70. The summed E-state index contributed by atoms with van der Waals surface area (Å²) in [5.74, 6) is 0.140. The predicted molar refractivity (Wildman–Crippen MR) is 82.5 cm³/mol. The molecule has 0 unspecified atom stereocenters. The second-order valence-electron chi connectivity index (χ2n) is 4.34. The van der Waals surface area contributed by atoms with Gasteiger partial charge in [-0.25, -0.2) is 0 Å². The van der Waals surface area contributed by atoms with Crippen molar-refractivity contribution in [3.63, 3.8) is 0 Å². The largest absolute Gasteiger partial charge is 0.426 e. The van der Waals surface area contributed by atoms with Crippen LogP contribution in [0.5, 0.6) is 5.75 Å². The van der Waals surface area contributed by atoms with Gasteiger partial charge < -0.3 is 4.74 Å². The molecule has 4 heteroatoms. The van der Waals surface area contributed by atoms with Crippen molar-refractivity contribution in [3.05, 3.63) is 66.7 Å². The molecular formula is C17H13ClO3. The number of halogens is 1. The molecule has 0 heterocycles. The second kappa shape index (κ2) is 6.86. The minimum absolute atomic E-state index is 0.176. The van der Waals surface area contributed by atoms with Gasteiger partial charge in [0.05, 0.1) is 6.42 Å². The van der Waals surface area contributed by atoms with E-state index in [1.54, 1.807) is 24.3 Å². The Balaban J connectivity index is 2.13. The first-order valence-electron chi connectivity index (χ1n) is 6.32. The highest BCUT2D eigenvalue weighted by Crippen LogP contribution is 2.23. The van der Waals surface area contributed by atoms with Gasteiger partial charge in [-0.3, -0.25) is 9.59 Å². The highest BCUT2D eigenvalue weighted by molar-refractivity contribution is 6.67. The molecule has 0 atom stereocenters. The van der Waals surface area contributed by atoms with E-state index in [0.717, 1.165) is 11.1 Å². The Morgan fingerprint density at radius 2 is 1.52 bits per heavy atom. The standard InChI is InChI=1S/C17H13ClO3/c1-2-3-16(19)21-15-10-8-13(9-11-15)12-4-6-14(7-5-12)17(18)20/h2,4-11H,1,3H2. The molecule has 0 aliphatic heterocycles. The van der Waals surface area contributed by atoms with Gasteiger partial charge in [-0.1, -0.05) is 30.3 Å². The van der Waals surface area contributed by atoms with E-state index < -0.39 is 5.24 Å². The summed E-state index contributed by atoms with van der Waals surface area (Å²) in [5.41, 5.74) is 2.35. The third-order valence-electron chi connectivity index (χ3n) is 2.84. The lowest BCUT2D eigenvalue weighted by Crippen LogP contribution is -2.05. The van der Waals surface area contributed by atoms with Crippen LogP contribution in [-0.4, -0.2) is 11.2 Å². The van der Waals surface area contributed by atoms with Crippen molar-refractivity contribution in [3.8, 4) is 16.9 Å². The summed E-state index contributed by atoms with van der Waals surface area (Å²) in [4.78, 5) is 22.3. The van der Waals surface area contributed by atoms with Gasteiger partial charge in [-0.05, 0) is 47.0 Å². The van der Waals surface area contributed by atoms with Crippen LogP contribution in [0.25, 0.3) is 11.1 Å². The zero-order valence-corrected chi connectivity index (χ0v) is 12.0. The first-order chi connectivity index (χ1) is 10.1. The highest BCUT2D eigenvalue weighted by atomic mass is 35.5. The average Bonchev–Trinajstić information content (AvgIpc) is 2.48. The van der Waals surface area contributed by atoms with Crippen LogP contribution in [0.1, 0.15) is 16.8 Å². The van der Waals surface area contributed by atoms with Crippen molar-refractivity contribution in [1.82, 2.24) is 0 Å². The molecule has 0 bridgehead atoms. The number of hydrogen-bond acceptors (Lipinski definition) is 3. The number of carbonyl (C=O) groups excluding carboxylic acids is 2. The van der Waals surface area contributed by atoms with Gasteiger partial charge in [0.15, 0.2) is 0 Å². The van der Waals surface area contributed by atoms with E-state index in [2.05, 4.69) is 6.58 Å². The molecule has 0 saturated heterocycles. The minimum Gasteiger partial charge on any atom is -0.426 e. The smallest absolute Gasteiger partial charge is 0.315 e. The van der Waals surface area contributed by atoms with Crippen molar-refractivity contribution in [2.24, 2.45) is 0 Å². The van der Waals surface area contributed by atoms with Crippen LogP contribution in [0, 0.1) is 0 Å². The van der Waals surface area contributed by atoms with Crippen molar-refractivity contribution in [2.75, 3.05) is 0 Å². The van der Waals surface area contributed by atoms with Crippen molar-refractivity contribution >= 4 is 22.8 Å². The maximum atomic E-state index is 11.3. The summed E-state index contributed by atoms with van der Waals surface area (Å²) in [6, 6.07) is 14.1. The Bertz CT molecular complexity index is 657. The SMILES string of the molecule is C=CCC(=O)Oc1ccc(-c2ccc(C(=O)Cl)cc2)cc1. The number of rotatable bonds is 5. The van der Waals surface area contributed by atoms with Crippen LogP contribution in [0.4, 0.5) is 0 Å². The van der Waals surface area contributed by atoms with E-state index >= 15 is 0 Å². The third-order valence-corrected chi connectivity index (χ3v) is 3.06. The van der Waals surface area contributed by atoms with E-state index in [1.165, 1.54) is 6.08 Å². The summed E-state index contributed by atoms with van der Waals surface area (Å²) in [7, 11) is 0. The second-order valence-corrected chi connectivity index (χ2v) is 4.69.